The van der Waals surface area contributed by atoms with Gasteiger partial charge in [0, 0.05) is 16.9 Å². The Bertz CT molecular complexity index is 259. The van der Waals surface area contributed by atoms with E-state index in [0.29, 0.717) is 5.57 Å². The zero-order valence-electron chi connectivity index (χ0n) is 7.66. The number of ketones is 1. The van der Waals surface area contributed by atoms with Crippen molar-refractivity contribution in [3.63, 3.8) is 0 Å². The standard InChI is InChI=1S/C10H14O2/c1-7-4-5-10(2,3)9(12)8(7)6-11/h4-7,11H,1-3H3. The summed E-state index contributed by atoms with van der Waals surface area (Å²) < 4.78 is 0. The van der Waals surface area contributed by atoms with Gasteiger partial charge in [-0.1, -0.05) is 19.1 Å². The van der Waals surface area contributed by atoms with Crippen LogP contribution in [0.5, 0.6) is 0 Å². The molecule has 12 heavy (non-hydrogen) atoms. The highest BCUT2D eigenvalue weighted by Gasteiger charge is 2.33. The Morgan fingerprint density at radius 1 is 1.58 bits per heavy atom. The van der Waals surface area contributed by atoms with Crippen LogP contribution < -0.4 is 0 Å². The van der Waals surface area contributed by atoms with Crippen LogP contribution in [0.15, 0.2) is 24.0 Å². The van der Waals surface area contributed by atoms with Gasteiger partial charge in [-0.3, -0.25) is 4.79 Å². The minimum Gasteiger partial charge on any atom is -0.515 e. The first-order valence-corrected chi connectivity index (χ1v) is 4.07. The van der Waals surface area contributed by atoms with Crippen LogP contribution in [0.1, 0.15) is 20.8 Å². The van der Waals surface area contributed by atoms with Crippen molar-refractivity contribution in [3.05, 3.63) is 24.0 Å². The van der Waals surface area contributed by atoms with E-state index in [9.17, 15) is 4.79 Å². The van der Waals surface area contributed by atoms with E-state index in [1.807, 2.05) is 32.9 Å². The largest absolute Gasteiger partial charge is 0.515 e. The van der Waals surface area contributed by atoms with Gasteiger partial charge < -0.3 is 5.11 Å². The Hall–Kier alpha value is -1.05. The molecule has 1 aliphatic carbocycles. The van der Waals surface area contributed by atoms with Crippen LogP contribution in [-0.4, -0.2) is 10.9 Å². The van der Waals surface area contributed by atoms with Gasteiger partial charge in [-0.05, 0) is 13.8 Å². The van der Waals surface area contributed by atoms with Gasteiger partial charge in [-0.15, -0.1) is 0 Å². The summed E-state index contributed by atoms with van der Waals surface area (Å²) in [4.78, 5) is 11.6. The Kier molecular flexibility index (Phi) is 2.09. The summed E-state index contributed by atoms with van der Waals surface area (Å²) in [5.41, 5.74) is 0.0450. The molecular weight excluding hydrogens is 152 g/mol. The molecular formula is C10H14O2. The fraction of sp³-hybridized carbons (Fsp3) is 0.500. The second-order valence-corrected chi connectivity index (χ2v) is 3.78. The lowest BCUT2D eigenvalue weighted by atomic mass is 9.75. The van der Waals surface area contributed by atoms with Crippen molar-refractivity contribution in [1.29, 1.82) is 0 Å². The summed E-state index contributed by atoms with van der Waals surface area (Å²) in [7, 11) is 0. The first-order chi connectivity index (χ1) is 5.49. The van der Waals surface area contributed by atoms with Gasteiger partial charge in [0.1, 0.15) is 0 Å². The van der Waals surface area contributed by atoms with Crippen molar-refractivity contribution >= 4 is 5.78 Å². The lowest BCUT2D eigenvalue weighted by Crippen LogP contribution is -2.29. The van der Waals surface area contributed by atoms with Gasteiger partial charge in [-0.2, -0.15) is 0 Å². The molecule has 2 nitrogen and oxygen atoms in total. The molecule has 0 radical (unpaired) electrons. The highest BCUT2D eigenvalue weighted by atomic mass is 16.2. The molecule has 0 aliphatic heterocycles. The quantitative estimate of drug-likeness (QED) is 0.340. The smallest absolute Gasteiger partial charge is 0.171 e. The number of aliphatic hydroxyl groups is 1. The third kappa shape index (κ3) is 1.29. The molecule has 0 aromatic heterocycles. The summed E-state index contributed by atoms with van der Waals surface area (Å²) >= 11 is 0. The van der Waals surface area contributed by atoms with Crippen molar-refractivity contribution in [3.8, 4) is 0 Å². The maximum Gasteiger partial charge on any atom is 0.171 e. The van der Waals surface area contributed by atoms with Crippen LogP contribution in [0.25, 0.3) is 0 Å². The third-order valence-corrected chi connectivity index (χ3v) is 2.28. The average molecular weight is 166 g/mol. The van der Waals surface area contributed by atoms with E-state index in [1.165, 1.54) is 0 Å². The molecule has 1 rings (SSSR count). The van der Waals surface area contributed by atoms with E-state index in [-0.39, 0.29) is 11.7 Å². The van der Waals surface area contributed by atoms with Crippen LogP contribution in [0, 0.1) is 11.3 Å². The molecule has 1 aliphatic rings. The maximum absolute atomic E-state index is 11.6. The monoisotopic (exact) mass is 166 g/mol. The molecule has 1 atom stereocenters. The zero-order valence-corrected chi connectivity index (χ0v) is 7.66. The van der Waals surface area contributed by atoms with E-state index >= 15 is 0 Å². The van der Waals surface area contributed by atoms with Crippen molar-refractivity contribution < 1.29 is 9.90 Å². The molecule has 0 saturated heterocycles. The molecule has 66 valence electrons. The number of carbonyl (C=O) groups excluding carboxylic acids is 1. The van der Waals surface area contributed by atoms with Crippen LogP contribution in [0.4, 0.5) is 0 Å². The average Bonchev–Trinajstić information content (AvgIpc) is 2.00. The van der Waals surface area contributed by atoms with E-state index in [0.717, 1.165) is 6.26 Å². The molecule has 0 fully saturated rings. The number of hydrogen-bond acceptors (Lipinski definition) is 2. The molecule has 1 unspecified atom stereocenters. The SMILES string of the molecule is CC1C=CC(C)(C)C(=O)C1=CO. The molecule has 0 saturated carbocycles. The lowest BCUT2D eigenvalue weighted by Gasteiger charge is -2.27. The fourth-order valence-electron chi connectivity index (χ4n) is 1.32. The predicted octanol–water partition coefficient (Wildman–Crippen LogP) is 2.23. The summed E-state index contributed by atoms with van der Waals surface area (Å²) in [5.74, 6) is 0.0514. The summed E-state index contributed by atoms with van der Waals surface area (Å²) in [5, 5.41) is 8.85. The maximum atomic E-state index is 11.6. The molecule has 2 heteroatoms. The molecule has 0 heterocycles. The first kappa shape index (κ1) is 9.04. The number of allylic oxidation sites excluding steroid dienone is 3. The van der Waals surface area contributed by atoms with Gasteiger partial charge in [0.2, 0.25) is 0 Å². The lowest BCUT2D eigenvalue weighted by molar-refractivity contribution is -0.122. The fourth-order valence-corrected chi connectivity index (χ4v) is 1.32. The van der Waals surface area contributed by atoms with Gasteiger partial charge in [0.25, 0.3) is 0 Å². The normalized spacial score (nSPS) is 31.1. The van der Waals surface area contributed by atoms with Gasteiger partial charge in [0.15, 0.2) is 5.78 Å². The molecule has 0 spiro atoms. The first-order valence-electron chi connectivity index (χ1n) is 4.07. The topological polar surface area (TPSA) is 37.3 Å². The summed E-state index contributed by atoms with van der Waals surface area (Å²) in [6.45, 7) is 5.59. The molecule has 0 aromatic carbocycles. The minimum atomic E-state index is -0.457. The van der Waals surface area contributed by atoms with E-state index in [1.54, 1.807) is 0 Å². The van der Waals surface area contributed by atoms with E-state index in [4.69, 9.17) is 5.11 Å². The number of hydrogen-bond donors (Lipinski definition) is 1. The molecule has 1 N–H and O–H groups in total. The Morgan fingerprint density at radius 3 is 2.58 bits per heavy atom. The van der Waals surface area contributed by atoms with Crippen LogP contribution in [-0.2, 0) is 4.79 Å². The van der Waals surface area contributed by atoms with E-state index < -0.39 is 5.41 Å². The third-order valence-electron chi connectivity index (χ3n) is 2.28. The van der Waals surface area contributed by atoms with Gasteiger partial charge in [-0.25, -0.2) is 0 Å². The van der Waals surface area contributed by atoms with Crippen molar-refractivity contribution in [2.24, 2.45) is 11.3 Å². The van der Waals surface area contributed by atoms with Crippen LogP contribution in [0.3, 0.4) is 0 Å². The van der Waals surface area contributed by atoms with E-state index in [2.05, 4.69) is 0 Å². The Morgan fingerprint density at radius 2 is 2.17 bits per heavy atom. The Balaban J connectivity index is 3.11. The Labute approximate surface area is 72.6 Å². The number of aliphatic hydroxyl groups excluding tert-OH is 1. The van der Waals surface area contributed by atoms with Gasteiger partial charge in [0.05, 0.1) is 6.26 Å². The van der Waals surface area contributed by atoms with Crippen molar-refractivity contribution in [2.45, 2.75) is 20.8 Å². The number of carbonyl (C=O) groups is 1. The van der Waals surface area contributed by atoms with Gasteiger partial charge >= 0.3 is 0 Å². The highest BCUT2D eigenvalue weighted by molar-refractivity contribution is 6.02. The minimum absolute atomic E-state index is 0.0139. The van der Waals surface area contributed by atoms with Crippen LogP contribution >= 0.6 is 0 Å². The molecule has 0 amide bonds. The second-order valence-electron chi connectivity index (χ2n) is 3.78. The summed E-state index contributed by atoms with van der Waals surface area (Å²) in [6, 6.07) is 0. The number of Topliss-reactive ketones (excluding diaryl/α,β-unsaturated/α-hetero) is 1. The predicted molar refractivity (Wildman–Crippen MR) is 47.8 cm³/mol. The van der Waals surface area contributed by atoms with Crippen molar-refractivity contribution in [1.82, 2.24) is 0 Å². The zero-order chi connectivity index (χ0) is 9.35. The molecule has 0 bridgehead atoms. The number of rotatable bonds is 0. The van der Waals surface area contributed by atoms with Crippen LogP contribution in [0.2, 0.25) is 0 Å². The highest BCUT2D eigenvalue weighted by Crippen LogP contribution is 2.32. The van der Waals surface area contributed by atoms with Crippen molar-refractivity contribution in [2.75, 3.05) is 0 Å². The molecule has 0 aromatic rings. The second kappa shape index (κ2) is 2.77. The summed E-state index contributed by atoms with van der Waals surface area (Å²) in [6.07, 6.45) is 4.77.